The van der Waals surface area contributed by atoms with Gasteiger partial charge in [0.1, 0.15) is 0 Å². The highest BCUT2D eigenvalue weighted by Gasteiger charge is 2.25. The number of nitrogens with one attached hydrogen (secondary N) is 2. The minimum atomic E-state index is -0.280. The fraction of sp³-hybridized carbons (Fsp3) is 0.600. The van der Waals surface area contributed by atoms with Crippen LogP contribution in [0.5, 0.6) is 0 Å². The van der Waals surface area contributed by atoms with Crippen molar-refractivity contribution in [3.8, 4) is 0 Å². The van der Waals surface area contributed by atoms with Crippen molar-refractivity contribution in [1.29, 1.82) is 0 Å². The zero-order chi connectivity index (χ0) is 15.1. The fourth-order valence-electron chi connectivity index (χ4n) is 2.58. The van der Waals surface area contributed by atoms with Crippen LogP contribution in [-0.4, -0.2) is 48.9 Å². The summed E-state index contributed by atoms with van der Waals surface area (Å²) < 4.78 is 5.00. The number of amides is 2. The van der Waals surface area contributed by atoms with Crippen LogP contribution < -0.4 is 10.6 Å². The van der Waals surface area contributed by atoms with Gasteiger partial charge >= 0.3 is 0 Å². The Labute approximate surface area is 124 Å². The van der Waals surface area contributed by atoms with Crippen molar-refractivity contribution in [2.24, 2.45) is 0 Å². The standard InChI is InChI=1S/C15H23N3O3/c1-2-9-18(12-5-7-16-11-12)14(19)6-8-17-15(20)13-4-3-10-21-13/h3-4,10,12,16H,2,5-9,11H2,1H3,(H,17,20). The van der Waals surface area contributed by atoms with Crippen LogP contribution >= 0.6 is 0 Å². The van der Waals surface area contributed by atoms with E-state index in [9.17, 15) is 9.59 Å². The summed E-state index contributed by atoms with van der Waals surface area (Å²) in [5, 5.41) is 5.99. The molecule has 1 aliphatic rings. The highest BCUT2D eigenvalue weighted by atomic mass is 16.3. The van der Waals surface area contributed by atoms with Crippen LogP contribution in [0.3, 0.4) is 0 Å². The van der Waals surface area contributed by atoms with Crippen molar-refractivity contribution in [2.45, 2.75) is 32.2 Å². The minimum Gasteiger partial charge on any atom is -0.459 e. The van der Waals surface area contributed by atoms with Crippen molar-refractivity contribution in [3.63, 3.8) is 0 Å². The van der Waals surface area contributed by atoms with Crippen LogP contribution in [0, 0.1) is 0 Å². The van der Waals surface area contributed by atoms with E-state index in [0.29, 0.717) is 19.0 Å². The number of rotatable bonds is 7. The molecule has 1 aromatic rings. The molecule has 0 radical (unpaired) electrons. The fourth-order valence-corrected chi connectivity index (χ4v) is 2.58. The van der Waals surface area contributed by atoms with Gasteiger partial charge in [0.2, 0.25) is 5.91 Å². The summed E-state index contributed by atoms with van der Waals surface area (Å²) in [7, 11) is 0. The smallest absolute Gasteiger partial charge is 0.286 e. The zero-order valence-electron chi connectivity index (χ0n) is 12.4. The number of nitrogens with zero attached hydrogens (tertiary/aromatic N) is 1. The van der Waals surface area contributed by atoms with Crippen LogP contribution in [0.15, 0.2) is 22.8 Å². The summed E-state index contributed by atoms with van der Waals surface area (Å²) in [5.41, 5.74) is 0. The SMILES string of the molecule is CCCN(C(=O)CCNC(=O)c1ccco1)C1CCNC1. The van der Waals surface area contributed by atoms with E-state index in [1.165, 1.54) is 6.26 Å². The third kappa shape index (κ3) is 4.32. The topological polar surface area (TPSA) is 74.6 Å². The van der Waals surface area contributed by atoms with E-state index in [1.54, 1.807) is 12.1 Å². The van der Waals surface area contributed by atoms with E-state index in [2.05, 4.69) is 17.6 Å². The van der Waals surface area contributed by atoms with Crippen molar-refractivity contribution in [2.75, 3.05) is 26.2 Å². The van der Waals surface area contributed by atoms with Crippen LogP contribution in [0.25, 0.3) is 0 Å². The molecule has 0 spiro atoms. The summed E-state index contributed by atoms with van der Waals surface area (Å²) in [6.45, 7) is 5.01. The van der Waals surface area contributed by atoms with Crippen LogP contribution in [-0.2, 0) is 4.79 Å². The molecule has 6 heteroatoms. The number of furan rings is 1. The number of carbonyl (C=O) groups is 2. The first-order chi connectivity index (χ1) is 10.2. The zero-order valence-corrected chi connectivity index (χ0v) is 12.4. The lowest BCUT2D eigenvalue weighted by Crippen LogP contribution is -2.43. The lowest BCUT2D eigenvalue weighted by atomic mass is 10.2. The molecule has 1 aliphatic heterocycles. The molecular weight excluding hydrogens is 270 g/mol. The predicted molar refractivity (Wildman–Crippen MR) is 78.9 cm³/mol. The van der Waals surface area contributed by atoms with Gasteiger partial charge in [-0.05, 0) is 31.5 Å². The minimum absolute atomic E-state index is 0.102. The molecule has 1 unspecified atom stereocenters. The number of carbonyl (C=O) groups excluding carboxylic acids is 2. The molecule has 21 heavy (non-hydrogen) atoms. The maximum absolute atomic E-state index is 12.3. The molecule has 0 saturated carbocycles. The molecule has 0 aliphatic carbocycles. The molecule has 2 heterocycles. The van der Waals surface area contributed by atoms with E-state index in [1.807, 2.05) is 4.90 Å². The maximum Gasteiger partial charge on any atom is 0.286 e. The van der Waals surface area contributed by atoms with Gasteiger partial charge in [-0.3, -0.25) is 9.59 Å². The highest BCUT2D eigenvalue weighted by molar-refractivity contribution is 5.91. The lowest BCUT2D eigenvalue weighted by Gasteiger charge is -2.28. The second kappa shape index (κ2) is 7.83. The van der Waals surface area contributed by atoms with Gasteiger partial charge in [-0.2, -0.15) is 0 Å². The first-order valence-corrected chi connectivity index (χ1v) is 7.54. The van der Waals surface area contributed by atoms with Gasteiger partial charge < -0.3 is 20.0 Å². The molecule has 1 fully saturated rings. The molecule has 116 valence electrons. The van der Waals surface area contributed by atoms with Gasteiger partial charge in [-0.15, -0.1) is 0 Å². The number of hydrogen-bond acceptors (Lipinski definition) is 4. The second-order valence-electron chi connectivity index (χ2n) is 5.22. The Morgan fingerprint density at radius 2 is 2.38 bits per heavy atom. The van der Waals surface area contributed by atoms with Crippen molar-refractivity contribution in [3.05, 3.63) is 24.2 Å². The highest BCUT2D eigenvalue weighted by Crippen LogP contribution is 2.11. The Morgan fingerprint density at radius 3 is 3.00 bits per heavy atom. The van der Waals surface area contributed by atoms with Crippen molar-refractivity contribution < 1.29 is 14.0 Å². The van der Waals surface area contributed by atoms with Crippen LogP contribution in [0.1, 0.15) is 36.7 Å². The largest absolute Gasteiger partial charge is 0.459 e. The van der Waals surface area contributed by atoms with E-state index >= 15 is 0 Å². The van der Waals surface area contributed by atoms with Gasteiger partial charge in [-0.25, -0.2) is 0 Å². The van der Waals surface area contributed by atoms with Crippen LogP contribution in [0.4, 0.5) is 0 Å². The van der Waals surface area contributed by atoms with Gasteiger partial charge in [0.25, 0.3) is 5.91 Å². The average molecular weight is 293 g/mol. The molecule has 0 aromatic carbocycles. The van der Waals surface area contributed by atoms with E-state index in [4.69, 9.17) is 4.42 Å². The summed E-state index contributed by atoms with van der Waals surface area (Å²) in [5.74, 6) is 0.0931. The third-order valence-electron chi connectivity index (χ3n) is 3.63. The molecule has 2 rings (SSSR count). The molecular formula is C15H23N3O3. The van der Waals surface area contributed by atoms with Gasteiger partial charge in [0, 0.05) is 32.1 Å². The summed E-state index contributed by atoms with van der Waals surface area (Å²) in [4.78, 5) is 26.0. The molecule has 2 N–H and O–H groups in total. The molecule has 1 aromatic heterocycles. The normalized spacial score (nSPS) is 17.7. The lowest BCUT2D eigenvalue weighted by molar-refractivity contribution is -0.133. The Kier molecular flexibility index (Phi) is 5.80. The maximum atomic E-state index is 12.3. The second-order valence-corrected chi connectivity index (χ2v) is 5.22. The molecule has 0 bridgehead atoms. The Hall–Kier alpha value is -1.82. The Balaban J connectivity index is 1.77. The Morgan fingerprint density at radius 1 is 1.52 bits per heavy atom. The van der Waals surface area contributed by atoms with Gasteiger partial charge in [0.15, 0.2) is 5.76 Å². The van der Waals surface area contributed by atoms with Gasteiger partial charge in [-0.1, -0.05) is 6.92 Å². The number of hydrogen-bond donors (Lipinski definition) is 2. The Bertz CT molecular complexity index is 453. The molecule has 1 atom stereocenters. The van der Waals surface area contributed by atoms with E-state index in [-0.39, 0.29) is 17.6 Å². The van der Waals surface area contributed by atoms with Crippen molar-refractivity contribution >= 4 is 11.8 Å². The quantitative estimate of drug-likeness (QED) is 0.786. The third-order valence-corrected chi connectivity index (χ3v) is 3.63. The molecule has 2 amide bonds. The first-order valence-electron chi connectivity index (χ1n) is 7.54. The average Bonchev–Trinajstić information content (AvgIpc) is 3.17. The predicted octanol–water partition coefficient (Wildman–Crippen LogP) is 1.00. The molecule has 1 saturated heterocycles. The summed E-state index contributed by atoms with van der Waals surface area (Å²) >= 11 is 0. The van der Waals surface area contributed by atoms with E-state index in [0.717, 1.165) is 32.5 Å². The van der Waals surface area contributed by atoms with Crippen LogP contribution in [0.2, 0.25) is 0 Å². The summed E-state index contributed by atoms with van der Waals surface area (Å²) in [6, 6.07) is 3.55. The summed E-state index contributed by atoms with van der Waals surface area (Å²) in [6.07, 6.45) is 3.73. The monoisotopic (exact) mass is 293 g/mol. The van der Waals surface area contributed by atoms with E-state index < -0.39 is 0 Å². The first kappa shape index (κ1) is 15.6. The molecule has 6 nitrogen and oxygen atoms in total. The van der Waals surface area contributed by atoms with Gasteiger partial charge in [0.05, 0.1) is 6.26 Å². The van der Waals surface area contributed by atoms with Crippen molar-refractivity contribution in [1.82, 2.24) is 15.5 Å².